The molecule has 1 aromatic heterocycles. The third-order valence-corrected chi connectivity index (χ3v) is 4.48. The number of rotatable bonds is 4. The zero-order chi connectivity index (χ0) is 16.5. The van der Waals surface area contributed by atoms with E-state index in [-0.39, 0.29) is 23.3 Å². The third-order valence-electron chi connectivity index (χ3n) is 4.48. The second-order valence-electron chi connectivity index (χ2n) is 6.95. The first kappa shape index (κ1) is 16.9. The fraction of sp³-hybridized carbons (Fsp3) is 0.733. The van der Waals surface area contributed by atoms with E-state index in [1.54, 1.807) is 0 Å². The summed E-state index contributed by atoms with van der Waals surface area (Å²) in [6.45, 7) is 4.43. The molecule has 22 heavy (non-hydrogen) atoms. The van der Waals surface area contributed by atoms with Gasteiger partial charge < -0.3 is 10.4 Å². The molecule has 1 aliphatic carbocycles. The SMILES string of the molecule is Cn1nc(C(=O)NCC2(O)CCC(C)(C)CC2)cc1C(F)F. The van der Waals surface area contributed by atoms with E-state index in [0.717, 1.165) is 23.6 Å². The Kier molecular flexibility index (Phi) is 4.56. The molecule has 0 saturated heterocycles. The van der Waals surface area contributed by atoms with Crippen LogP contribution in [0, 0.1) is 5.41 Å². The lowest BCUT2D eigenvalue weighted by Gasteiger charge is -2.40. The Morgan fingerprint density at radius 3 is 2.50 bits per heavy atom. The van der Waals surface area contributed by atoms with Gasteiger partial charge in [-0.1, -0.05) is 13.8 Å². The highest BCUT2D eigenvalue weighted by Crippen LogP contribution is 2.39. The van der Waals surface area contributed by atoms with E-state index in [1.165, 1.54) is 7.05 Å². The van der Waals surface area contributed by atoms with Crippen molar-refractivity contribution in [3.63, 3.8) is 0 Å². The van der Waals surface area contributed by atoms with Crippen LogP contribution in [-0.4, -0.2) is 32.9 Å². The Morgan fingerprint density at radius 1 is 1.41 bits per heavy atom. The van der Waals surface area contributed by atoms with E-state index >= 15 is 0 Å². The Balaban J connectivity index is 1.94. The summed E-state index contributed by atoms with van der Waals surface area (Å²) in [7, 11) is 1.37. The van der Waals surface area contributed by atoms with Crippen molar-refractivity contribution in [2.24, 2.45) is 12.5 Å². The van der Waals surface area contributed by atoms with Crippen molar-refractivity contribution < 1.29 is 18.7 Å². The number of carbonyl (C=O) groups is 1. The van der Waals surface area contributed by atoms with Crippen molar-refractivity contribution in [2.75, 3.05) is 6.54 Å². The zero-order valence-corrected chi connectivity index (χ0v) is 13.2. The van der Waals surface area contributed by atoms with Crippen LogP contribution in [0.2, 0.25) is 0 Å². The summed E-state index contributed by atoms with van der Waals surface area (Å²) in [5, 5.41) is 16.9. The molecule has 2 rings (SSSR count). The van der Waals surface area contributed by atoms with Gasteiger partial charge in [0.25, 0.3) is 12.3 Å². The molecular formula is C15H23F2N3O2. The standard InChI is InChI=1S/C15H23F2N3O2/c1-14(2)4-6-15(22,7-5-14)9-18-13(21)10-8-11(12(16)17)20(3)19-10/h8,12,22H,4-7,9H2,1-3H3,(H,18,21). The summed E-state index contributed by atoms with van der Waals surface area (Å²) < 4.78 is 26.4. The summed E-state index contributed by atoms with van der Waals surface area (Å²) in [6.07, 6.45) is 0.329. The van der Waals surface area contributed by atoms with Gasteiger partial charge in [-0.3, -0.25) is 9.48 Å². The lowest BCUT2D eigenvalue weighted by molar-refractivity contribution is -0.0233. The number of hydrogen-bond acceptors (Lipinski definition) is 3. The Bertz CT molecular complexity index is 545. The van der Waals surface area contributed by atoms with E-state index < -0.39 is 17.9 Å². The van der Waals surface area contributed by atoms with Crippen molar-refractivity contribution >= 4 is 5.91 Å². The second-order valence-corrected chi connectivity index (χ2v) is 6.95. The molecule has 1 fully saturated rings. The predicted octanol–water partition coefficient (Wildman–Crippen LogP) is 2.42. The van der Waals surface area contributed by atoms with Gasteiger partial charge in [0.2, 0.25) is 0 Å². The number of nitrogens with zero attached hydrogens (tertiary/aromatic N) is 2. The summed E-state index contributed by atoms with van der Waals surface area (Å²) in [5.41, 5.74) is -1.07. The van der Waals surface area contributed by atoms with Gasteiger partial charge in [0.05, 0.1) is 5.60 Å². The fourth-order valence-corrected chi connectivity index (χ4v) is 2.70. The van der Waals surface area contributed by atoms with Crippen molar-refractivity contribution in [3.8, 4) is 0 Å². The Hall–Kier alpha value is -1.50. The molecule has 0 aromatic carbocycles. The molecule has 1 aromatic rings. The minimum absolute atomic E-state index is 0.0578. The van der Waals surface area contributed by atoms with Crippen LogP contribution in [0.25, 0.3) is 0 Å². The van der Waals surface area contributed by atoms with E-state index in [9.17, 15) is 18.7 Å². The average molecular weight is 315 g/mol. The van der Waals surface area contributed by atoms with Crippen molar-refractivity contribution in [2.45, 2.75) is 51.6 Å². The molecule has 1 aliphatic rings. The number of hydrogen-bond donors (Lipinski definition) is 2. The van der Waals surface area contributed by atoms with Crippen molar-refractivity contribution in [3.05, 3.63) is 17.5 Å². The van der Waals surface area contributed by atoms with Crippen LogP contribution in [0.1, 0.15) is 62.1 Å². The molecule has 0 bridgehead atoms. The molecule has 1 saturated carbocycles. The van der Waals surface area contributed by atoms with Gasteiger partial charge in [-0.25, -0.2) is 8.78 Å². The lowest BCUT2D eigenvalue weighted by Crippen LogP contribution is -2.46. The number of aliphatic hydroxyl groups is 1. The maximum Gasteiger partial charge on any atom is 0.280 e. The largest absolute Gasteiger partial charge is 0.388 e. The highest BCUT2D eigenvalue weighted by molar-refractivity contribution is 5.92. The number of aromatic nitrogens is 2. The highest BCUT2D eigenvalue weighted by Gasteiger charge is 2.37. The molecule has 2 N–H and O–H groups in total. The fourth-order valence-electron chi connectivity index (χ4n) is 2.70. The molecule has 0 radical (unpaired) electrons. The first-order valence-corrected chi connectivity index (χ1v) is 7.45. The van der Waals surface area contributed by atoms with Gasteiger partial charge in [-0.15, -0.1) is 0 Å². The zero-order valence-electron chi connectivity index (χ0n) is 13.2. The van der Waals surface area contributed by atoms with Crippen LogP contribution in [-0.2, 0) is 7.05 Å². The van der Waals surface area contributed by atoms with Crippen LogP contribution in [0.15, 0.2) is 6.07 Å². The molecule has 5 nitrogen and oxygen atoms in total. The van der Waals surface area contributed by atoms with E-state index in [1.807, 2.05) is 0 Å². The number of nitrogens with one attached hydrogen (secondary N) is 1. The minimum atomic E-state index is -2.68. The van der Waals surface area contributed by atoms with Gasteiger partial charge in [-0.05, 0) is 37.2 Å². The summed E-state index contributed by atoms with van der Waals surface area (Å²) in [5.74, 6) is -0.541. The van der Waals surface area contributed by atoms with Crippen molar-refractivity contribution in [1.29, 1.82) is 0 Å². The van der Waals surface area contributed by atoms with Crippen LogP contribution in [0.4, 0.5) is 8.78 Å². The highest BCUT2D eigenvalue weighted by atomic mass is 19.3. The first-order valence-electron chi connectivity index (χ1n) is 7.45. The smallest absolute Gasteiger partial charge is 0.280 e. The third kappa shape index (κ3) is 3.82. The van der Waals surface area contributed by atoms with Crippen LogP contribution >= 0.6 is 0 Å². The molecule has 124 valence electrons. The number of aryl methyl sites for hydroxylation is 1. The topological polar surface area (TPSA) is 67.2 Å². The van der Waals surface area contributed by atoms with E-state index in [0.29, 0.717) is 12.8 Å². The van der Waals surface area contributed by atoms with E-state index in [4.69, 9.17) is 0 Å². The molecule has 0 aliphatic heterocycles. The number of alkyl halides is 2. The molecule has 0 spiro atoms. The molecule has 7 heteroatoms. The normalized spacial score (nSPS) is 20.1. The number of amides is 1. The average Bonchev–Trinajstić information content (AvgIpc) is 2.83. The Labute approximate surface area is 128 Å². The van der Waals surface area contributed by atoms with Crippen LogP contribution in [0.3, 0.4) is 0 Å². The summed E-state index contributed by atoms with van der Waals surface area (Å²) in [4.78, 5) is 12.0. The Morgan fingerprint density at radius 2 is 2.00 bits per heavy atom. The van der Waals surface area contributed by atoms with Crippen molar-refractivity contribution in [1.82, 2.24) is 15.1 Å². The number of carbonyl (C=O) groups excluding carboxylic acids is 1. The molecule has 0 atom stereocenters. The lowest BCUT2D eigenvalue weighted by atomic mass is 9.71. The van der Waals surface area contributed by atoms with Crippen LogP contribution in [0.5, 0.6) is 0 Å². The predicted molar refractivity (Wildman–Crippen MR) is 77.7 cm³/mol. The minimum Gasteiger partial charge on any atom is -0.388 e. The van der Waals surface area contributed by atoms with Gasteiger partial charge in [0.1, 0.15) is 5.69 Å². The van der Waals surface area contributed by atoms with Gasteiger partial charge >= 0.3 is 0 Å². The molecule has 1 heterocycles. The maximum absolute atomic E-state index is 12.7. The van der Waals surface area contributed by atoms with Gasteiger partial charge in [-0.2, -0.15) is 5.10 Å². The monoisotopic (exact) mass is 315 g/mol. The summed E-state index contributed by atoms with van der Waals surface area (Å²) in [6, 6.07) is 1.08. The molecule has 1 amide bonds. The maximum atomic E-state index is 12.7. The quantitative estimate of drug-likeness (QED) is 0.896. The first-order chi connectivity index (χ1) is 10.1. The molecule has 0 unspecified atom stereocenters. The van der Waals surface area contributed by atoms with Gasteiger partial charge in [0.15, 0.2) is 5.69 Å². The second kappa shape index (κ2) is 5.95. The van der Waals surface area contributed by atoms with Crippen LogP contribution < -0.4 is 5.32 Å². The number of halogens is 2. The molecular weight excluding hydrogens is 292 g/mol. The van der Waals surface area contributed by atoms with Gasteiger partial charge in [0, 0.05) is 13.6 Å². The van der Waals surface area contributed by atoms with E-state index in [2.05, 4.69) is 24.3 Å². The summed E-state index contributed by atoms with van der Waals surface area (Å²) >= 11 is 0.